The molecule has 84 valence electrons. The number of aryl methyl sites for hydroxylation is 2. The zero-order valence-corrected chi connectivity index (χ0v) is 10.9. The van der Waals surface area contributed by atoms with Crippen LogP contribution in [0.25, 0.3) is 0 Å². The molecule has 0 fully saturated rings. The van der Waals surface area contributed by atoms with Gasteiger partial charge in [-0.05, 0) is 24.1 Å². The lowest BCUT2D eigenvalue weighted by atomic mass is 10.1. The molecule has 0 aliphatic heterocycles. The molecule has 0 radical (unpaired) electrons. The average molecular weight is 281 g/mol. The fourth-order valence-corrected chi connectivity index (χ4v) is 1.99. The Labute approximate surface area is 102 Å². The lowest BCUT2D eigenvalue weighted by Crippen LogP contribution is -2.22. The molecule has 2 aromatic rings. The van der Waals surface area contributed by atoms with E-state index in [9.17, 15) is 4.79 Å². The Balaban J connectivity index is 2.31. The van der Waals surface area contributed by atoms with Crippen LogP contribution >= 0.6 is 15.9 Å². The monoisotopic (exact) mass is 280 g/mol. The van der Waals surface area contributed by atoms with Crippen molar-refractivity contribution >= 4 is 15.9 Å². The summed E-state index contributed by atoms with van der Waals surface area (Å²) in [7, 11) is 1.75. The van der Waals surface area contributed by atoms with Gasteiger partial charge in [-0.25, -0.2) is 4.79 Å². The van der Waals surface area contributed by atoms with Gasteiger partial charge in [0, 0.05) is 23.9 Å². The quantitative estimate of drug-likeness (QED) is 0.829. The van der Waals surface area contributed by atoms with Crippen molar-refractivity contribution in [1.29, 1.82) is 0 Å². The molecular weight excluding hydrogens is 268 g/mol. The molecule has 0 N–H and O–H groups in total. The summed E-state index contributed by atoms with van der Waals surface area (Å²) in [6.45, 7) is 2.65. The minimum absolute atomic E-state index is 0.0108. The van der Waals surface area contributed by atoms with Crippen molar-refractivity contribution in [3.8, 4) is 0 Å². The van der Waals surface area contributed by atoms with Gasteiger partial charge in [-0.3, -0.25) is 4.57 Å². The zero-order chi connectivity index (χ0) is 11.7. The Hall–Kier alpha value is -1.29. The smallest absolute Gasteiger partial charge is 0.302 e. The minimum atomic E-state index is 0.0108. The zero-order valence-electron chi connectivity index (χ0n) is 9.27. The molecule has 16 heavy (non-hydrogen) atoms. The van der Waals surface area contributed by atoms with E-state index in [2.05, 4.69) is 22.0 Å². The first-order valence-corrected chi connectivity index (χ1v) is 5.84. The van der Waals surface area contributed by atoms with Crippen LogP contribution in [-0.4, -0.2) is 9.13 Å². The van der Waals surface area contributed by atoms with Crippen LogP contribution < -0.4 is 5.69 Å². The number of hydrogen-bond acceptors (Lipinski definition) is 1. The minimum Gasteiger partial charge on any atom is -0.302 e. The van der Waals surface area contributed by atoms with Gasteiger partial charge >= 0.3 is 5.69 Å². The van der Waals surface area contributed by atoms with Crippen molar-refractivity contribution in [1.82, 2.24) is 9.13 Å². The summed E-state index contributed by atoms with van der Waals surface area (Å²) < 4.78 is 4.34. The van der Waals surface area contributed by atoms with Crippen LogP contribution in [0.4, 0.5) is 0 Å². The van der Waals surface area contributed by atoms with Crippen molar-refractivity contribution in [3.63, 3.8) is 0 Å². The van der Waals surface area contributed by atoms with Crippen molar-refractivity contribution in [2.75, 3.05) is 0 Å². The lowest BCUT2D eigenvalue weighted by Gasteiger charge is -2.04. The molecule has 0 spiro atoms. The van der Waals surface area contributed by atoms with E-state index in [0.717, 1.165) is 10.0 Å². The van der Waals surface area contributed by atoms with Crippen molar-refractivity contribution in [3.05, 3.63) is 56.7 Å². The Morgan fingerprint density at radius 1 is 1.31 bits per heavy atom. The summed E-state index contributed by atoms with van der Waals surface area (Å²) in [5.41, 5.74) is 2.33. The molecule has 0 saturated carbocycles. The first kappa shape index (κ1) is 11.2. The van der Waals surface area contributed by atoms with Gasteiger partial charge in [-0.1, -0.05) is 28.1 Å². The molecule has 4 heteroatoms. The first-order chi connectivity index (χ1) is 7.58. The summed E-state index contributed by atoms with van der Waals surface area (Å²) in [5.74, 6) is 0. The van der Waals surface area contributed by atoms with Crippen molar-refractivity contribution in [2.45, 2.75) is 13.5 Å². The molecule has 0 atom stereocenters. The number of imidazole rings is 1. The van der Waals surface area contributed by atoms with E-state index in [1.807, 2.05) is 19.1 Å². The molecule has 1 aromatic carbocycles. The molecule has 3 nitrogen and oxygen atoms in total. The third-order valence-electron chi connectivity index (χ3n) is 2.61. The van der Waals surface area contributed by atoms with E-state index in [4.69, 9.17) is 0 Å². The number of halogens is 1. The Bertz CT molecular complexity index is 569. The number of hydrogen-bond donors (Lipinski definition) is 0. The summed E-state index contributed by atoms with van der Waals surface area (Å²) >= 11 is 3.49. The van der Waals surface area contributed by atoms with Crippen LogP contribution in [0.15, 0.2) is 39.9 Å². The van der Waals surface area contributed by atoms with E-state index in [1.54, 1.807) is 28.6 Å². The molecule has 0 amide bonds. The Morgan fingerprint density at radius 2 is 2.06 bits per heavy atom. The van der Waals surface area contributed by atoms with Crippen LogP contribution in [0.3, 0.4) is 0 Å². The highest BCUT2D eigenvalue weighted by Gasteiger charge is 2.02. The topological polar surface area (TPSA) is 26.9 Å². The highest BCUT2D eigenvalue weighted by molar-refractivity contribution is 9.10. The Morgan fingerprint density at radius 3 is 2.62 bits per heavy atom. The molecule has 1 heterocycles. The Kier molecular flexibility index (Phi) is 3.01. The number of benzene rings is 1. The maximum atomic E-state index is 11.6. The van der Waals surface area contributed by atoms with Gasteiger partial charge in [0.05, 0.1) is 6.54 Å². The number of nitrogens with zero attached hydrogens (tertiary/aromatic N) is 2. The van der Waals surface area contributed by atoms with E-state index in [0.29, 0.717) is 6.54 Å². The maximum absolute atomic E-state index is 11.6. The summed E-state index contributed by atoms with van der Waals surface area (Å²) in [4.78, 5) is 11.6. The molecule has 0 aliphatic rings. The second-order valence-corrected chi connectivity index (χ2v) is 4.76. The lowest BCUT2D eigenvalue weighted by molar-refractivity contribution is 0.717. The second kappa shape index (κ2) is 4.29. The van der Waals surface area contributed by atoms with Crippen LogP contribution in [0.2, 0.25) is 0 Å². The van der Waals surface area contributed by atoms with E-state index < -0.39 is 0 Å². The summed E-state index contributed by atoms with van der Waals surface area (Å²) in [6, 6.07) is 6.14. The molecular formula is C12H13BrN2O. The fraction of sp³-hybridized carbons (Fsp3) is 0.250. The molecule has 0 saturated heterocycles. The van der Waals surface area contributed by atoms with Gasteiger partial charge in [0.15, 0.2) is 0 Å². The van der Waals surface area contributed by atoms with E-state index in [-0.39, 0.29) is 5.69 Å². The third-order valence-corrected chi connectivity index (χ3v) is 3.46. The normalized spacial score (nSPS) is 10.7. The van der Waals surface area contributed by atoms with Crippen molar-refractivity contribution in [2.24, 2.45) is 7.05 Å². The van der Waals surface area contributed by atoms with Gasteiger partial charge in [0.25, 0.3) is 0 Å². The van der Waals surface area contributed by atoms with Gasteiger partial charge in [-0.15, -0.1) is 0 Å². The first-order valence-electron chi connectivity index (χ1n) is 5.05. The number of rotatable bonds is 2. The van der Waals surface area contributed by atoms with Crippen molar-refractivity contribution < 1.29 is 0 Å². The fourth-order valence-electron chi connectivity index (χ4n) is 1.56. The van der Waals surface area contributed by atoms with Crippen LogP contribution in [0.1, 0.15) is 11.1 Å². The van der Waals surface area contributed by atoms with Gasteiger partial charge < -0.3 is 4.57 Å². The molecule has 0 bridgehead atoms. The second-order valence-electron chi connectivity index (χ2n) is 3.90. The highest BCUT2D eigenvalue weighted by atomic mass is 79.9. The van der Waals surface area contributed by atoms with Gasteiger partial charge in [0.1, 0.15) is 0 Å². The number of aromatic nitrogens is 2. The SMILES string of the molecule is Cc1ccc(Cn2ccn(C)c2=O)cc1Br. The van der Waals surface area contributed by atoms with Crippen LogP contribution in [0.5, 0.6) is 0 Å². The standard InChI is InChI=1S/C12H13BrN2O/c1-9-3-4-10(7-11(9)13)8-15-6-5-14(2)12(15)16/h3-7H,8H2,1-2H3. The predicted octanol–water partition coefficient (Wildman–Crippen LogP) is 2.31. The predicted molar refractivity (Wildman–Crippen MR) is 67.7 cm³/mol. The molecule has 1 aromatic heterocycles. The van der Waals surface area contributed by atoms with E-state index >= 15 is 0 Å². The van der Waals surface area contributed by atoms with Crippen LogP contribution in [0, 0.1) is 6.92 Å². The molecule has 0 unspecified atom stereocenters. The maximum Gasteiger partial charge on any atom is 0.328 e. The summed E-state index contributed by atoms with van der Waals surface area (Å²) in [6.07, 6.45) is 3.57. The highest BCUT2D eigenvalue weighted by Crippen LogP contribution is 2.17. The largest absolute Gasteiger partial charge is 0.328 e. The molecule has 0 aliphatic carbocycles. The van der Waals surface area contributed by atoms with E-state index in [1.165, 1.54) is 5.56 Å². The van der Waals surface area contributed by atoms with Gasteiger partial charge in [-0.2, -0.15) is 0 Å². The average Bonchev–Trinajstić information content (AvgIpc) is 2.55. The summed E-state index contributed by atoms with van der Waals surface area (Å²) in [5, 5.41) is 0. The van der Waals surface area contributed by atoms with Gasteiger partial charge in [0.2, 0.25) is 0 Å². The molecule has 2 rings (SSSR count). The third kappa shape index (κ3) is 2.11. The van der Waals surface area contributed by atoms with Crippen LogP contribution in [-0.2, 0) is 13.6 Å².